The molecule has 7 heteroatoms. The van der Waals surface area contributed by atoms with Crippen molar-refractivity contribution in [2.45, 2.75) is 32.2 Å². The van der Waals surface area contributed by atoms with Crippen molar-refractivity contribution in [1.82, 2.24) is 15.5 Å². The fourth-order valence-electron chi connectivity index (χ4n) is 2.28. The molecule has 1 heterocycles. The first-order valence-electron chi connectivity index (χ1n) is 6.82. The van der Waals surface area contributed by atoms with E-state index in [0.717, 1.165) is 6.42 Å². The van der Waals surface area contributed by atoms with Gasteiger partial charge in [0.05, 0.1) is 10.8 Å². The summed E-state index contributed by atoms with van der Waals surface area (Å²) in [6.07, 6.45) is 0.937. The number of nitro groups is 1. The van der Waals surface area contributed by atoms with E-state index in [9.17, 15) is 10.1 Å². The Kier molecular flexibility index (Phi) is 4.64. The Labute approximate surface area is 122 Å². The Morgan fingerprint density at radius 2 is 2.24 bits per heavy atom. The predicted octanol–water partition coefficient (Wildman–Crippen LogP) is 2.75. The number of likely N-dealkylation sites (N-methyl/N-ethyl adjacent to an activating group) is 1. The van der Waals surface area contributed by atoms with E-state index in [1.54, 1.807) is 12.1 Å². The van der Waals surface area contributed by atoms with Crippen LogP contribution in [0.1, 0.15) is 32.1 Å². The number of rotatable bonds is 6. The maximum atomic E-state index is 10.8. The van der Waals surface area contributed by atoms with Gasteiger partial charge in [0.2, 0.25) is 11.7 Å². The summed E-state index contributed by atoms with van der Waals surface area (Å²) >= 11 is 0. The van der Waals surface area contributed by atoms with Crippen molar-refractivity contribution in [3.8, 4) is 11.4 Å². The van der Waals surface area contributed by atoms with E-state index in [2.05, 4.69) is 22.4 Å². The minimum atomic E-state index is -0.443. The molecule has 1 aromatic carbocycles. The first-order chi connectivity index (χ1) is 10.1. The van der Waals surface area contributed by atoms with E-state index in [-0.39, 0.29) is 17.6 Å². The minimum Gasteiger partial charge on any atom is -0.339 e. The first kappa shape index (κ1) is 15.1. The highest BCUT2D eigenvalue weighted by atomic mass is 16.6. The zero-order chi connectivity index (χ0) is 15.4. The van der Waals surface area contributed by atoms with E-state index in [4.69, 9.17) is 4.52 Å². The summed E-state index contributed by atoms with van der Waals surface area (Å²) in [6, 6.07) is 6.44. The second kappa shape index (κ2) is 6.45. The fourth-order valence-corrected chi connectivity index (χ4v) is 2.28. The van der Waals surface area contributed by atoms with Gasteiger partial charge in [0.1, 0.15) is 0 Å². The number of hydrogen-bond acceptors (Lipinski definition) is 6. The summed E-state index contributed by atoms with van der Waals surface area (Å²) in [6.45, 7) is 4.09. The molecule has 0 spiro atoms. The van der Waals surface area contributed by atoms with E-state index in [1.165, 1.54) is 12.1 Å². The molecule has 1 N–H and O–H groups in total. The maximum absolute atomic E-state index is 10.8. The standard InChI is InChI=1S/C14H18N4O3/c1-4-12(15-3)9(2)14-16-13(17-21-14)10-6-5-7-11(8-10)18(19)20/h5-9,12,15H,4H2,1-3H3. The van der Waals surface area contributed by atoms with Crippen LogP contribution in [0.4, 0.5) is 5.69 Å². The zero-order valence-electron chi connectivity index (χ0n) is 12.2. The molecule has 0 bridgehead atoms. The van der Waals surface area contributed by atoms with E-state index in [0.29, 0.717) is 17.3 Å². The highest BCUT2D eigenvalue weighted by Crippen LogP contribution is 2.25. The van der Waals surface area contributed by atoms with E-state index >= 15 is 0 Å². The second-order valence-corrected chi connectivity index (χ2v) is 4.86. The van der Waals surface area contributed by atoms with E-state index < -0.39 is 4.92 Å². The molecule has 0 aliphatic carbocycles. The molecule has 0 aliphatic rings. The highest BCUT2D eigenvalue weighted by Gasteiger charge is 2.22. The van der Waals surface area contributed by atoms with Crippen LogP contribution in [0.5, 0.6) is 0 Å². The molecule has 0 saturated carbocycles. The number of aromatic nitrogens is 2. The van der Waals surface area contributed by atoms with Gasteiger partial charge in [-0.25, -0.2) is 0 Å². The summed E-state index contributed by atoms with van der Waals surface area (Å²) in [5.74, 6) is 0.962. The molecule has 2 atom stereocenters. The number of nitro benzene ring substituents is 1. The van der Waals surface area contributed by atoms with Gasteiger partial charge < -0.3 is 9.84 Å². The highest BCUT2D eigenvalue weighted by molar-refractivity contribution is 5.58. The Morgan fingerprint density at radius 1 is 1.48 bits per heavy atom. The van der Waals surface area contributed by atoms with Crippen molar-refractivity contribution in [3.05, 3.63) is 40.3 Å². The molecule has 7 nitrogen and oxygen atoms in total. The molecule has 2 unspecified atom stereocenters. The topological polar surface area (TPSA) is 94.1 Å². The number of benzene rings is 1. The average molecular weight is 290 g/mol. The smallest absolute Gasteiger partial charge is 0.270 e. The summed E-state index contributed by atoms with van der Waals surface area (Å²) in [5.41, 5.74) is 0.581. The van der Waals surface area contributed by atoms with Crippen LogP contribution in [0.15, 0.2) is 28.8 Å². The van der Waals surface area contributed by atoms with Crippen LogP contribution in [0.25, 0.3) is 11.4 Å². The van der Waals surface area contributed by atoms with Crippen LogP contribution in [0, 0.1) is 10.1 Å². The molecule has 0 aliphatic heterocycles. The molecule has 0 saturated heterocycles. The molecule has 0 radical (unpaired) electrons. The molecule has 0 fully saturated rings. The lowest BCUT2D eigenvalue weighted by Crippen LogP contribution is -2.30. The van der Waals surface area contributed by atoms with Crippen LogP contribution in [0.3, 0.4) is 0 Å². The van der Waals surface area contributed by atoms with Crippen LogP contribution in [-0.4, -0.2) is 28.2 Å². The van der Waals surface area contributed by atoms with Crippen LogP contribution >= 0.6 is 0 Å². The lowest BCUT2D eigenvalue weighted by atomic mass is 10.00. The second-order valence-electron chi connectivity index (χ2n) is 4.86. The zero-order valence-corrected chi connectivity index (χ0v) is 12.2. The van der Waals surface area contributed by atoms with E-state index in [1.807, 2.05) is 14.0 Å². The van der Waals surface area contributed by atoms with Crippen LogP contribution in [0.2, 0.25) is 0 Å². The third-order valence-electron chi connectivity index (χ3n) is 3.56. The van der Waals surface area contributed by atoms with Gasteiger partial charge in [-0.15, -0.1) is 0 Å². The fraction of sp³-hybridized carbons (Fsp3) is 0.429. The Hall–Kier alpha value is -2.28. The summed E-state index contributed by atoms with van der Waals surface area (Å²) in [5, 5.41) is 17.9. The van der Waals surface area contributed by atoms with Crippen molar-refractivity contribution in [1.29, 1.82) is 0 Å². The molecular formula is C14H18N4O3. The molecule has 21 heavy (non-hydrogen) atoms. The SMILES string of the molecule is CCC(NC)C(C)c1nc(-c2cccc([N+](=O)[O-])c2)no1. The lowest BCUT2D eigenvalue weighted by Gasteiger charge is -2.18. The monoisotopic (exact) mass is 290 g/mol. The molecule has 2 aromatic rings. The minimum absolute atomic E-state index is 0.00792. The van der Waals surface area contributed by atoms with Gasteiger partial charge in [-0.3, -0.25) is 10.1 Å². The van der Waals surface area contributed by atoms with Crippen molar-refractivity contribution in [3.63, 3.8) is 0 Å². The molecule has 1 aromatic heterocycles. The summed E-state index contributed by atoms with van der Waals surface area (Å²) < 4.78 is 5.29. The number of nitrogens with one attached hydrogen (secondary N) is 1. The van der Waals surface area contributed by atoms with Crippen LogP contribution in [-0.2, 0) is 0 Å². The van der Waals surface area contributed by atoms with Gasteiger partial charge in [-0.05, 0) is 13.5 Å². The normalized spacial score (nSPS) is 13.9. The van der Waals surface area contributed by atoms with Gasteiger partial charge in [0, 0.05) is 23.7 Å². The van der Waals surface area contributed by atoms with Crippen molar-refractivity contribution in [2.75, 3.05) is 7.05 Å². The van der Waals surface area contributed by atoms with Crippen molar-refractivity contribution >= 4 is 5.69 Å². The quantitative estimate of drug-likeness (QED) is 0.649. The van der Waals surface area contributed by atoms with Crippen LogP contribution < -0.4 is 5.32 Å². The number of nitrogens with zero attached hydrogens (tertiary/aromatic N) is 3. The van der Waals surface area contributed by atoms with Gasteiger partial charge in [0.25, 0.3) is 5.69 Å². The Bertz CT molecular complexity index is 622. The van der Waals surface area contributed by atoms with Gasteiger partial charge in [-0.2, -0.15) is 4.98 Å². The Morgan fingerprint density at radius 3 is 2.86 bits per heavy atom. The molecular weight excluding hydrogens is 272 g/mol. The maximum Gasteiger partial charge on any atom is 0.270 e. The van der Waals surface area contributed by atoms with Gasteiger partial charge in [-0.1, -0.05) is 31.1 Å². The molecule has 0 amide bonds. The first-order valence-corrected chi connectivity index (χ1v) is 6.82. The molecule has 2 rings (SSSR count). The molecule has 112 valence electrons. The largest absolute Gasteiger partial charge is 0.339 e. The third kappa shape index (κ3) is 3.25. The van der Waals surface area contributed by atoms with Crippen molar-refractivity contribution in [2.24, 2.45) is 0 Å². The van der Waals surface area contributed by atoms with Crippen molar-refractivity contribution < 1.29 is 9.45 Å². The Balaban J connectivity index is 2.27. The summed E-state index contributed by atoms with van der Waals surface area (Å²) in [4.78, 5) is 14.7. The number of non-ortho nitro benzene ring substituents is 1. The third-order valence-corrected chi connectivity index (χ3v) is 3.56. The van der Waals surface area contributed by atoms with Gasteiger partial charge in [0.15, 0.2) is 0 Å². The predicted molar refractivity (Wildman–Crippen MR) is 77.9 cm³/mol. The summed E-state index contributed by atoms with van der Waals surface area (Å²) in [7, 11) is 1.89. The number of hydrogen-bond donors (Lipinski definition) is 1. The average Bonchev–Trinajstić information content (AvgIpc) is 2.98. The lowest BCUT2D eigenvalue weighted by molar-refractivity contribution is -0.384. The van der Waals surface area contributed by atoms with Gasteiger partial charge >= 0.3 is 0 Å².